The number of ether oxygens (including phenoxy) is 3. The molecular formula is C24H31N3O4. The van der Waals surface area contributed by atoms with E-state index in [1.54, 1.807) is 19.4 Å². The predicted octanol–water partition coefficient (Wildman–Crippen LogP) is 4.43. The lowest BCUT2D eigenvalue weighted by Crippen LogP contribution is -2.41. The molecule has 0 radical (unpaired) electrons. The molecule has 3 rings (SSSR count). The smallest absolute Gasteiger partial charge is 0.335 e. The molecule has 166 valence electrons. The van der Waals surface area contributed by atoms with E-state index in [2.05, 4.69) is 15.8 Å². The maximum absolute atomic E-state index is 12.0. The van der Waals surface area contributed by atoms with Crippen molar-refractivity contribution in [3.05, 3.63) is 53.6 Å². The summed E-state index contributed by atoms with van der Waals surface area (Å²) >= 11 is 0. The van der Waals surface area contributed by atoms with Crippen molar-refractivity contribution in [2.75, 3.05) is 20.3 Å². The fourth-order valence-corrected chi connectivity index (χ4v) is 3.46. The Morgan fingerprint density at radius 1 is 1.03 bits per heavy atom. The van der Waals surface area contributed by atoms with Gasteiger partial charge in [-0.3, -0.25) is 0 Å². The van der Waals surface area contributed by atoms with Gasteiger partial charge in [0, 0.05) is 6.04 Å². The van der Waals surface area contributed by atoms with Crippen molar-refractivity contribution in [3.8, 4) is 17.2 Å². The third-order valence-electron chi connectivity index (χ3n) is 5.14. The fourth-order valence-electron chi connectivity index (χ4n) is 3.46. The Labute approximate surface area is 183 Å². The number of hydrogen-bond acceptors (Lipinski definition) is 5. The molecule has 0 bridgehead atoms. The second kappa shape index (κ2) is 11.8. The van der Waals surface area contributed by atoms with E-state index in [4.69, 9.17) is 14.2 Å². The first kappa shape index (κ1) is 22.5. The molecule has 0 saturated heterocycles. The number of hydrogen-bond donors (Lipinski definition) is 2. The fraction of sp³-hybridized carbons (Fsp3) is 0.417. The first-order chi connectivity index (χ1) is 15.1. The van der Waals surface area contributed by atoms with Crippen LogP contribution in [0.1, 0.15) is 43.2 Å². The van der Waals surface area contributed by atoms with Crippen LogP contribution in [0.3, 0.4) is 0 Å². The molecule has 31 heavy (non-hydrogen) atoms. The van der Waals surface area contributed by atoms with Gasteiger partial charge >= 0.3 is 6.03 Å². The van der Waals surface area contributed by atoms with Crippen LogP contribution < -0.4 is 25.0 Å². The topological polar surface area (TPSA) is 81.2 Å². The molecule has 1 fully saturated rings. The third-order valence-corrected chi connectivity index (χ3v) is 5.14. The Hall–Kier alpha value is -3.22. The molecule has 7 nitrogen and oxygen atoms in total. The van der Waals surface area contributed by atoms with E-state index in [9.17, 15) is 4.79 Å². The average molecular weight is 426 g/mol. The van der Waals surface area contributed by atoms with E-state index in [0.717, 1.165) is 24.2 Å². The quantitative estimate of drug-likeness (QED) is 0.354. The van der Waals surface area contributed by atoms with Gasteiger partial charge in [-0.05, 0) is 55.7 Å². The summed E-state index contributed by atoms with van der Waals surface area (Å²) in [5, 5.41) is 6.98. The van der Waals surface area contributed by atoms with Gasteiger partial charge in [-0.15, -0.1) is 0 Å². The Kier molecular flexibility index (Phi) is 8.58. The monoisotopic (exact) mass is 425 g/mol. The van der Waals surface area contributed by atoms with Crippen LogP contribution in [-0.2, 0) is 0 Å². The molecule has 2 aromatic carbocycles. The van der Waals surface area contributed by atoms with E-state index >= 15 is 0 Å². The molecule has 2 aromatic rings. The minimum Gasteiger partial charge on any atom is -0.493 e. The summed E-state index contributed by atoms with van der Waals surface area (Å²) in [6.07, 6.45) is 7.23. The Bertz CT molecular complexity index is 862. The highest BCUT2D eigenvalue weighted by molar-refractivity contribution is 5.82. The van der Waals surface area contributed by atoms with Crippen molar-refractivity contribution < 1.29 is 19.0 Å². The Morgan fingerprint density at radius 2 is 1.77 bits per heavy atom. The summed E-state index contributed by atoms with van der Waals surface area (Å²) in [5.41, 5.74) is 4.50. The summed E-state index contributed by atoms with van der Waals surface area (Å²) in [4.78, 5) is 12.0. The van der Waals surface area contributed by atoms with E-state index in [-0.39, 0.29) is 12.1 Å². The summed E-state index contributed by atoms with van der Waals surface area (Å²) < 4.78 is 16.9. The number of hydrazone groups is 1. The van der Waals surface area contributed by atoms with Crippen molar-refractivity contribution >= 4 is 12.2 Å². The van der Waals surface area contributed by atoms with Crippen LogP contribution in [0.25, 0.3) is 0 Å². The van der Waals surface area contributed by atoms with Crippen LogP contribution >= 0.6 is 0 Å². The number of carbonyl (C=O) groups is 1. The molecule has 2 amide bonds. The minimum absolute atomic E-state index is 0.246. The van der Waals surface area contributed by atoms with Gasteiger partial charge in [-0.1, -0.05) is 37.0 Å². The van der Waals surface area contributed by atoms with Gasteiger partial charge in [0.1, 0.15) is 19.0 Å². The molecule has 1 saturated carbocycles. The lowest BCUT2D eigenvalue weighted by Gasteiger charge is -2.22. The van der Waals surface area contributed by atoms with Crippen LogP contribution in [0.5, 0.6) is 17.2 Å². The number of rotatable bonds is 9. The molecule has 0 heterocycles. The highest BCUT2D eigenvalue weighted by Crippen LogP contribution is 2.27. The number of methoxy groups -OCH3 is 1. The molecule has 1 aliphatic carbocycles. The number of urea groups is 1. The van der Waals surface area contributed by atoms with Crippen molar-refractivity contribution in [2.45, 2.75) is 45.1 Å². The van der Waals surface area contributed by atoms with Gasteiger partial charge < -0.3 is 19.5 Å². The first-order valence-electron chi connectivity index (χ1n) is 10.7. The predicted molar refractivity (Wildman–Crippen MR) is 121 cm³/mol. The van der Waals surface area contributed by atoms with E-state index < -0.39 is 0 Å². The maximum Gasteiger partial charge on any atom is 0.335 e. The summed E-state index contributed by atoms with van der Waals surface area (Å²) in [6, 6.07) is 13.3. The lowest BCUT2D eigenvalue weighted by molar-refractivity contribution is 0.211. The highest BCUT2D eigenvalue weighted by Gasteiger charge is 2.15. The molecular weight excluding hydrogens is 394 g/mol. The molecule has 1 aliphatic rings. The summed E-state index contributed by atoms with van der Waals surface area (Å²) in [7, 11) is 1.59. The van der Waals surface area contributed by atoms with Gasteiger partial charge in [0.2, 0.25) is 0 Å². The molecule has 0 atom stereocenters. The number of aryl methyl sites for hydroxylation is 1. The zero-order valence-corrected chi connectivity index (χ0v) is 18.2. The normalized spacial score (nSPS) is 14.3. The largest absolute Gasteiger partial charge is 0.493 e. The molecule has 0 aromatic heterocycles. The molecule has 0 spiro atoms. The zero-order chi connectivity index (χ0) is 21.9. The molecule has 7 heteroatoms. The maximum atomic E-state index is 12.0. The number of nitrogens with one attached hydrogen (secondary N) is 2. The van der Waals surface area contributed by atoms with Crippen LogP contribution in [-0.4, -0.2) is 38.6 Å². The third kappa shape index (κ3) is 7.51. The van der Waals surface area contributed by atoms with E-state index in [1.807, 2.05) is 43.3 Å². The number of nitrogens with zero attached hydrogens (tertiary/aromatic N) is 1. The lowest BCUT2D eigenvalue weighted by atomic mass is 9.96. The zero-order valence-electron chi connectivity index (χ0n) is 18.2. The second-order valence-corrected chi connectivity index (χ2v) is 7.60. The van der Waals surface area contributed by atoms with Crippen LogP contribution in [0, 0.1) is 6.92 Å². The Balaban J connectivity index is 1.44. The SMILES string of the molecule is COc1cc(/C=N/NC(=O)NC2CCCCC2)ccc1OCCOc1ccc(C)cc1. The minimum atomic E-state index is -0.274. The van der Waals surface area contributed by atoms with Gasteiger partial charge in [0.15, 0.2) is 11.5 Å². The number of benzene rings is 2. The Morgan fingerprint density at radius 3 is 2.52 bits per heavy atom. The van der Waals surface area contributed by atoms with Gasteiger partial charge in [0.05, 0.1) is 13.3 Å². The van der Waals surface area contributed by atoms with Crippen molar-refractivity contribution in [2.24, 2.45) is 5.10 Å². The number of carbonyl (C=O) groups excluding carboxylic acids is 1. The van der Waals surface area contributed by atoms with Gasteiger partial charge in [-0.25, -0.2) is 10.2 Å². The average Bonchev–Trinajstić information content (AvgIpc) is 2.79. The van der Waals surface area contributed by atoms with Crippen LogP contribution in [0.4, 0.5) is 4.79 Å². The summed E-state index contributed by atoms with van der Waals surface area (Å²) in [6.45, 7) is 2.85. The molecule has 0 unspecified atom stereocenters. The van der Waals surface area contributed by atoms with Gasteiger partial charge in [-0.2, -0.15) is 5.10 Å². The van der Waals surface area contributed by atoms with Crippen LogP contribution in [0.2, 0.25) is 0 Å². The number of amides is 2. The van der Waals surface area contributed by atoms with E-state index in [1.165, 1.54) is 24.8 Å². The highest BCUT2D eigenvalue weighted by atomic mass is 16.5. The standard InChI is InChI=1S/C24H31N3O4/c1-18-8-11-21(12-9-18)30-14-15-31-22-13-10-19(16-23(22)29-2)17-25-27-24(28)26-20-6-4-3-5-7-20/h8-13,16-17,20H,3-7,14-15H2,1-2H3,(H2,26,27,28)/b25-17+. The van der Waals surface area contributed by atoms with Crippen molar-refractivity contribution in [3.63, 3.8) is 0 Å². The first-order valence-corrected chi connectivity index (χ1v) is 10.7. The second-order valence-electron chi connectivity index (χ2n) is 7.60. The van der Waals surface area contributed by atoms with Crippen LogP contribution in [0.15, 0.2) is 47.6 Å². The van der Waals surface area contributed by atoms with Gasteiger partial charge in [0.25, 0.3) is 0 Å². The van der Waals surface area contributed by atoms with Crippen molar-refractivity contribution in [1.82, 2.24) is 10.7 Å². The van der Waals surface area contributed by atoms with Crippen molar-refractivity contribution in [1.29, 1.82) is 0 Å². The summed E-state index contributed by atoms with van der Waals surface area (Å²) in [5.74, 6) is 2.02. The molecule has 2 N–H and O–H groups in total. The van der Waals surface area contributed by atoms with E-state index in [0.29, 0.717) is 24.7 Å². The molecule has 0 aliphatic heterocycles.